The molecule has 0 spiro atoms. The summed E-state index contributed by atoms with van der Waals surface area (Å²) in [7, 11) is -2.52. The molecule has 29 heavy (non-hydrogen) atoms. The van der Waals surface area contributed by atoms with Gasteiger partial charge in [0.2, 0.25) is 5.91 Å². The SMILES string of the molecule is C[n+]1cccn1CC(=O)Nc1ccc(S(=O)(=O)Nc2scnc2C(=O)O)cc1F. The summed E-state index contributed by atoms with van der Waals surface area (Å²) < 4.78 is 44.5. The van der Waals surface area contributed by atoms with Crippen LogP contribution in [0.4, 0.5) is 15.1 Å². The van der Waals surface area contributed by atoms with E-state index >= 15 is 0 Å². The maximum atomic E-state index is 14.4. The topological polar surface area (TPSA) is 134 Å². The van der Waals surface area contributed by atoms with E-state index in [-0.39, 0.29) is 17.2 Å². The third kappa shape index (κ3) is 4.57. The van der Waals surface area contributed by atoms with E-state index in [0.717, 1.165) is 29.5 Å². The first-order chi connectivity index (χ1) is 13.7. The highest BCUT2D eigenvalue weighted by atomic mass is 32.2. The Kier molecular flexibility index (Phi) is 5.61. The van der Waals surface area contributed by atoms with Gasteiger partial charge in [0.1, 0.15) is 10.8 Å². The van der Waals surface area contributed by atoms with Crippen LogP contribution in [0.2, 0.25) is 0 Å². The van der Waals surface area contributed by atoms with Gasteiger partial charge in [-0.3, -0.25) is 9.52 Å². The first-order valence-electron chi connectivity index (χ1n) is 7.97. The van der Waals surface area contributed by atoms with Gasteiger partial charge in [-0.15, -0.1) is 16.0 Å². The van der Waals surface area contributed by atoms with E-state index in [1.54, 1.807) is 34.9 Å². The molecule has 10 nitrogen and oxygen atoms in total. The first-order valence-corrected chi connectivity index (χ1v) is 10.3. The summed E-state index contributed by atoms with van der Waals surface area (Å²) in [4.78, 5) is 26.2. The number of hydrogen-bond donors (Lipinski definition) is 3. The van der Waals surface area contributed by atoms with E-state index in [2.05, 4.69) is 15.0 Å². The van der Waals surface area contributed by atoms with Crippen molar-refractivity contribution in [2.45, 2.75) is 11.4 Å². The maximum Gasteiger partial charge on any atom is 0.357 e. The number of aromatic carboxylic acids is 1. The molecule has 0 aliphatic carbocycles. The van der Waals surface area contributed by atoms with Crippen LogP contribution in [0.3, 0.4) is 0 Å². The standard InChI is InChI=1S/C16H14FN5O5S2/c1-21-5-2-6-22(21)8-13(23)19-12-4-3-10(7-11(12)17)29(26,27)20-15-14(16(24)25)18-9-28-15/h2-7,9,20H,8H2,1H3,(H-,19,23,24,25)/p+1. The van der Waals surface area contributed by atoms with Crippen LogP contribution >= 0.6 is 11.3 Å². The van der Waals surface area contributed by atoms with Gasteiger partial charge < -0.3 is 10.4 Å². The van der Waals surface area contributed by atoms with E-state index in [4.69, 9.17) is 5.11 Å². The number of carbonyl (C=O) groups is 2. The van der Waals surface area contributed by atoms with E-state index in [9.17, 15) is 22.4 Å². The molecule has 0 aliphatic rings. The number of rotatable bonds is 7. The van der Waals surface area contributed by atoms with Crippen molar-refractivity contribution in [3.63, 3.8) is 0 Å². The summed E-state index contributed by atoms with van der Waals surface area (Å²) in [5, 5.41) is 11.2. The number of hydrogen-bond acceptors (Lipinski definition) is 6. The van der Waals surface area contributed by atoms with Crippen molar-refractivity contribution in [1.82, 2.24) is 9.67 Å². The smallest absolute Gasteiger partial charge is 0.357 e. The predicted octanol–water partition coefficient (Wildman–Crippen LogP) is 1.05. The van der Waals surface area contributed by atoms with Crippen molar-refractivity contribution in [3.05, 3.63) is 53.7 Å². The summed E-state index contributed by atoms with van der Waals surface area (Å²) in [6, 6.07) is 4.68. The molecule has 0 radical (unpaired) electrons. The third-order valence-corrected chi connectivity index (χ3v) is 6.01. The Morgan fingerprint density at radius 3 is 2.76 bits per heavy atom. The Labute approximate surface area is 168 Å². The van der Waals surface area contributed by atoms with Crippen LogP contribution in [0, 0.1) is 5.82 Å². The number of amides is 1. The molecule has 0 bridgehead atoms. The van der Waals surface area contributed by atoms with Crippen LogP contribution in [-0.4, -0.2) is 35.1 Å². The van der Waals surface area contributed by atoms with Crippen LogP contribution in [0.1, 0.15) is 10.5 Å². The number of sulfonamides is 1. The molecule has 1 amide bonds. The molecule has 0 aliphatic heterocycles. The van der Waals surface area contributed by atoms with Crippen molar-refractivity contribution in [2.75, 3.05) is 10.0 Å². The van der Waals surface area contributed by atoms with Gasteiger partial charge >= 0.3 is 5.97 Å². The lowest BCUT2D eigenvalue weighted by Crippen LogP contribution is -2.40. The van der Waals surface area contributed by atoms with E-state index in [1.807, 2.05) is 0 Å². The molecule has 2 aromatic heterocycles. The maximum absolute atomic E-state index is 14.4. The van der Waals surface area contributed by atoms with Gasteiger partial charge in [-0.2, -0.15) is 4.68 Å². The number of thiazole rings is 1. The van der Waals surface area contributed by atoms with Crippen molar-refractivity contribution in [2.24, 2.45) is 7.05 Å². The van der Waals surface area contributed by atoms with Crippen molar-refractivity contribution < 1.29 is 32.2 Å². The van der Waals surface area contributed by atoms with Gasteiger partial charge in [-0.05, 0) is 18.2 Å². The minimum Gasteiger partial charge on any atom is -0.476 e. The average Bonchev–Trinajstić information content (AvgIpc) is 3.25. The minimum atomic E-state index is -4.26. The van der Waals surface area contributed by atoms with Crippen LogP contribution in [0.15, 0.2) is 47.1 Å². The Bertz CT molecular complexity index is 1190. The number of nitrogens with zero attached hydrogens (tertiary/aromatic N) is 3. The van der Waals surface area contributed by atoms with Gasteiger partial charge in [0.15, 0.2) is 25.5 Å². The molecule has 13 heteroatoms. The zero-order valence-corrected chi connectivity index (χ0v) is 16.5. The second-order valence-corrected chi connectivity index (χ2v) is 8.33. The molecule has 0 saturated carbocycles. The van der Waals surface area contributed by atoms with Gasteiger partial charge in [-0.1, -0.05) is 0 Å². The molecule has 0 saturated heterocycles. The number of benzene rings is 1. The summed E-state index contributed by atoms with van der Waals surface area (Å²) in [6.07, 6.45) is 3.40. The quantitative estimate of drug-likeness (QED) is 0.470. The fraction of sp³-hybridized carbons (Fsp3) is 0.125. The minimum absolute atomic E-state index is 0.0616. The molecule has 0 fully saturated rings. The highest BCUT2D eigenvalue weighted by molar-refractivity contribution is 7.93. The van der Waals surface area contributed by atoms with Crippen LogP contribution in [0.25, 0.3) is 0 Å². The second-order valence-electron chi connectivity index (χ2n) is 5.79. The second kappa shape index (κ2) is 7.97. The third-order valence-electron chi connectivity index (χ3n) is 3.79. The molecule has 0 atom stereocenters. The van der Waals surface area contributed by atoms with Gasteiger partial charge in [0.05, 0.1) is 22.3 Å². The van der Waals surface area contributed by atoms with Gasteiger partial charge in [0.25, 0.3) is 10.0 Å². The van der Waals surface area contributed by atoms with Gasteiger partial charge in [0, 0.05) is 6.07 Å². The number of carboxylic acid groups (broad SMARTS) is 1. The molecular weight excluding hydrogens is 425 g/mol. The molecule has 2 heterocycles. The van der Waals surface area contributed by atoms with Crippen LogP contribution in [0.5, 0.6) is 0 Å². The lowest BCUT2D eigenvalue weighted by molar-refractivity contribution is -0.752. The summed E-state index contributed by atoms with van der Waals surface area (Å²) >= 11 is 0.781. The number of halogens is 1. The first kappa shape index (κ1) is 20.4. The van der Waals surface area contributed by atoms with E-state index < -0.39 is 38.3 Å². The number of nitrogens with one attached hydrogen (secondary N) is 2. The molecule has 0 unspecified atom stereocenters. The number of anilines is 2. The molecule has 3 aromatic rings. The van der Waals surface area contributed by atoms with Gasteiger partial charge in [-0.25, -0.2) is 22.6 Å². The van der Waals surface area contributed by atoms with Crippen molar-refractivity contribution in [3.8, 4) is 0 Å². The summed E-state index contributed by atoms with van der Waals surface area (Å²) in [5.41, 5.74) is 0.527. The Hall–Kier alpha value is -3.32. The highest BCUT2D eigenvalue weighted by Gasteiger charge is 2.22. The lowest BCUT2D eigenvalue weighted by atomic mass is 10.3. The van der Waals surface area contributed by atoms with E-state index in [1.165, 1.54) is 5.51 Å². The molecule has 3 rings (SSSR count). The van der Waals surface area contributed by atoms with Crippen molar-refractivity contribution in [1.29, 1.82) is 0 Å². The highest BCUT2D eigenvalue weighted by Crippen LogP contribution is 2.25. The number of aromatic nitrogens is 3. The zero-order valence-electron chi connectivity index (χ0n) is 14.9. The molecule has 3 N–H and O–H groups in total. The fourth-order valence-electron chi connectivity index (χ4n) is 2.37. The molecule has 152 valence electrons. The Morgan fingerprint density at radius 2 is 2.14 bits per heavy atom. The molecular formula is C16H15FN5O5S2+. The van der Waals surface area contributed by atoms with E-state index in [0.29, 0.717) is 0 Å². The Morgan fingerprint density at radius 1 is 1.38 bits per heavy atom. The summed E-state index contributed by atoms with van der Waals surface area (Å²) in [5.74, 6) is -2.86. The Balaban J connectivity index is 1.76. The number of carboxylic acids is 1. The normalized spacial score (nSPS) is 11.2. The summed E-state index contributed by atoms with van der Waals surface area (Å²) in [6.45, 7) is -0.0616. The van der Waals surface area contributed by atoms with Crippen molar-refractivity contribution >= 4 is 43.9 Å². The van der Waals surface area contributed by atoms with Crippen LogP contribution in [-0.2, 0) is 28.4 Å². The fourth-order valence-corrected chi connectivity index (χ4v) is 4.37. The lowest BCUT2D eigenvalue weighted by Gasteiger charge is -2.10. The van der Waals surface area contributed by atoms with Crippen LogP contribution < -0.4 is 14.7 Å². The zero-order chi connectivity index (χ0) is 21.2. The number of carbonyl (C=O) groups excluding carboxylic acids is 1. The average molecular weight is 440 g/mol. The predicted molar refractivity (Wildman–Crippen MR) is 101 cm³/mol. The molecule has 1 aromatic carbocycles. The largest absolute Gasteiger partial charge is 0.476 e. The monoisotopic (exact) mass is 440 g/mol. The number of aryl methyl sites for hydroxylation is 1.